The van der Waals surface area contributed by atoms with E-state index in [-0.39, 0.29) is 5.75 Å². The molecule has 0 radical (unpaired) electrons. The zero-order valence-corrected chi connectivity index (χ0v) is 12.0. The van der Waals surface area contributed by atoms with E-state index in [2.05, 4.69) is 5.32 Å². The number of hydrogen-bond acceptors (Lipinski definition) is 3. The number of rotatable bonds is 8. The third kappa shape index (κ3) is 6.64. The van der Waals surface area contributed by atoms with Crippen molar-refractivity contribution in [3.8, 4) is 0 Å². The smallest absolute Gasteiger partial charge is 0.150 e. The third-order valence-corrected chi connectivity index (χ3v) is 4.51. The van der Waals surface area contributed by atoms with Gasteiger partial charge < -0.3 is 5.32 Å². The van der Waals surface area contributed by atoms with Crippen molar-refractivity contribution in [3.63, 3.8) is 0 Å². The van der Waals surface area contributed by atoms with Crippen LogP contribution in [-0.4, -0.2) is 26.5 Å². The first kappa shape index (κ1) is 15.0. The van der Waals surface area contributed by atoms with Crippen molar-refractivity contribution in [3.05, 3.63) is 30.3 Å². The fourth-order valence-corrected chi connectivity index (χ4v) is 3.22. The van der Waals surface area contributed by atoms with E-state index < -0.39 is 9.84 Å². The van der Waals surface area contributed by atoms with Gasteiger partial charge in [-0.1, -0.05) is 32.0 Å². The van der Waals surface area contributed by atoms with Gasteiger partial charge in [0.1, 0.15) is 9.84 Å². The molecule has 0 unspecified atom stereocenters. The van der Waals surface area contributed by atoms with Crippen molar-refractivity contribution < 1.29 is 8.42 Å². The normalized spacial score (nSPS) is 11.7. The maximum Gasteiger partial charge on any atom is 0.150 e. The summed E-state index contributed by atoms with van der Waals surface area (Å²) in [6, 6.07) is 9.84. The van der Waals surface area contributed by atoms with Gasteiger partial charge >= 0.3 is 0 Å². The van der Waals surface area contributed by atoms with Crippen LogP contribution in [0.2, 0.25) is 0 Å². The van der Waals surface area contributed by atoms with Crippen molar-refractivity contribution in [2.24, 2.45) is 5.92 Å². The Labute approximate surface area is 111 Å². The molecule has 18 heavy (non-hydrogen) atoms. The van der Waals surface area contributed by atoms with Crippen LogP contribution in [-0.2, 0) is 9.84 Å². The summed E-state index contributed by atoms with van der Waals surface area (Å²) >= 11 is 0. The largest absolute Gasteiger partial charge is 0.385 e. The van der Waals surface area contributed by atoms with Crippen LogP contribution >= 0.6 is 0 Å². The summed E-state index contributed by atoms with van der Waals surface area (Å²) in [6.07, 6.45) is 1.42. The van der Waals surface area contributed by atoms with E-state index in [1.165, 1.54) is 0 Å². The Kier molecular flexibility index (Phi) is 6.19. The number of anilines is 1. The molecule has 0 aliphatic heterocycles. The van der Waals surface area contributed by atoms with Crippen LogP contribution < -0.4 is 5.32 Å². The van der Waals surface area contributed by atoms with Gasteiger partial charge in [-0.25, -0.2) is 8.42 Å². The first-order valence-corrected chi connectivity index (χ1v) is 8.31. The van der Waals surface area contributed by atoms with Crippen LogP contribution in [0.3, 0.4) is 0 Å². The minimum absolute atomic E-state index is 0.277. The minimum atomic E-state index is -2.87. The molecule has 0 heterocycles. The summed E-state index contributed by atoms with van der Waals surface area (Å²) in [5.41, 5.74) is 1.04. The first-order valence-electron chi connectivity index (χ1n) is 6.49. The fraction of sp³-hybridized carbons (Fsp3) is 0.571. The van der Waals surface area contributed by atoms with Gasteiger partial charge in [-0.2, -0.15) is 0 Å². The van der Waals surface area contributed by atoms with Gasteiger partial charge in [0.15, 0.2) is 0 Å². The summed E-state index contributed by atoms with van der Waals surface area (Å²) in [7, 11) is -2.87. The molecule has 0 saturated carbocycles. The van der Waals surface area contributed by atoms with E-state index in [1.54, 1.807) is 0 Å². The van der Waals surface area contributed by atoms with Gasteiger partial charge in [-0.05, 0) is 30.9 Å². The molecular weight excluding hydrogens is 246 g/mol. The molecular formula is C14H23NO2S. The summed E-state index contributed by atoms with van der Waals surface area (Å²) < 4.78 is 23.4. The lowest BCUT2D eigenvalue weighted by Crippen LogP contribution is -2.15. The van der Waals surface area contributed by atoms with Crippen LogP contribution in [0, 0.1) is 5.92 Å². The molecule has 0 aliphatic rings. The topological polar surface area (TPSA) is 46.2 Å². The number of hydrogen-bond donors (Lipinski definition) is 1. The third-order valence-electron chi connectivity index (χ3n) is 2.74. The summed E-state index contributed by atoms with van der Waals surface area (Å²) in [4.78, 5) is 0. The Balaban J connectivity index is 2.21. The number of benzene rings is 1. The van der Waals surface area contributed by atoms with Crippen molar-refractivity contribution in [2.45, 2.75) is 26.7 Å². The maximum atomic E-state index is 11.7. The van der Waals surface area contributed by atoms with Crippen molar-refractivity contribution in [2.75, 3.05) is 23.4 Å². The number of sulfone groups is 1. The molecule has 0 aliphatic carbocycles. The quantitative estimate of drug-likeness (QED) is 0.738. The summed E-state index contributed by atoms with van der Waals surface area (Å²) in [6.45, 7) is 4.80. The van der Waals surface area contributed by atoms with Crippen molar-refractivity contribution in [1.29, 1.82) is 0 Å². The number of nitrogens with one attached hydrogen (secondary N) is 1. The SMILES string of the molecule is CC(C)CCS(=O)(=O)CCCNc1ccccc1. The Bertz CT molecular complexity index is 426. The van der Waals surface area contributed by atoms with Gasteiger partial charge in [0, 0.05) is 12.2 Å². The highest BCUT2D eigenvalue weighted by Gasteiger charge is 2.10. The Morgan fingerprint density at radius 1 is 1.11 bits per heavy atom. The first-order chi connectivity index (χ1) is 8.49. The second kappa shape index (κ2) is 7.41. The predicted molar refractivity (Wildman–Crippen MR) is 77.7 cm³/mol. The minimum Gasteiger partial charge on any atom is -0.385 e. The van der Waals surface area contributed by atoms with Gasteiger partial charge in [-0.15, -0.1) is 0 Å². The molecule has 4 heteroatoms. The van der Waals surface area contributed by atoms with E-state index >= 15 is 0 Å². The average molecular weight is 269 g/mol. The molecule has 0 bridgehead atoms. The van der Waals surface area contributed by atoms with Crippen molar-refractivity contribution >= 4 is 15.5 Å². The molecule has 1 aromatic rings. The average Bonchev–Trinajstić information content (AvgIpc) is 2.34. The van der Waals surface area contributed by atoms with E-state index in [9.17, 15) is 8.42 Å². The molecule has 1 aromatic carbocycles. The number of para-hydroxylation sites is 1. The van der Waals surface area contributed by atoms with E-state index in [0.717, 1.165) is 12.1 Å². The highest BCUT2D eigenvalue weighted by molar-refractivity contribution is 7.91. The molecule has 0 atom stereocenters. The van der Waals surface area contributed by atoms with E-state index in [4.69, 9.17) is 0 Å². The van der Waals surface area contributed by atoms with Crippen LogP contribution in [0.15, 0.2) is 30.3 Å². The van der Waals surface area contributed by atoms with E-state index in [1.807, 2.05) is 44.2 Å². The molecule has 1 N–H and O–H groups in total. The Morgan fingerprint density at radius 2 is 1.78 bits per heavy atom. The molecule has 3 nitrogen and oxygen atoms in total. The zero-order valence-electron chi connectivity index (χ0n) is 11.2. The highest BCUT2D eigenvalue weighted by Crippen LogP contribution is 2.07. The highest BCUT2D eigenvalue weighted by atomic mass is 32.2. The molecule has 0 spiro atoms. The van der Waals surface area contributed by atoms with Crippen molar-refractivity contribution in [1.82, 2.24) is 0 Å². The molecule has 1 rings (SSSR count). The van der Waals surface area contributed by atoms with Gasteiger partial charge in [0.25, 0.3) is 0 Å². The molecule has 102 valence electrons. The second-order valence-corrected chi connectivity index (χ2v) is 7.28. The molecule has 0 fully saturated rings. The summed E-state index contributed by atoms with van der Waals surface area (Å²) in [5.74, 6) is 1.04. The van der Waals surface area contributed by atoms with Crippen LogP contribution in [0.4, 0.5) is 5.69 Å². The predicted octanol–water partition coefficient (Wildman–Crippen LogP) is 2.95. The summed E-state index contributed by atoms with van der Waals surface area (Å²) in [5, 5.41) is 3.22. The lowest BCUT2D eigenvalue weighted by Gasteiger charge is -2.08. The van der Waals surface area contributed by atoms with E-state index in [0.29, 0.717) is 24.6 Å². The van der Waals surface area contributed by atoms with Crippen LogP contribution in [0.25, 0.3) is 0 Å². The fourth-order valence-electron chi connectivity index (χ4n) is 1.60. The molecule has 0 amide bonds. The molecule has 0 aromatic heterocycles. The lowest BCUT2D eigenvalue weighted by molar-refractivity contribution is 0.572. The standard InChI is InChI=1S/C14H23NO2S/c1-13(2)9-12-18(16,17)11-6-10-15-14-7-4-3-5-8-14/h3-5,7-8,13,15H,6,9-12H2,1-2H3. The Morgan fingerprint density at radius 3 is 2.39 bits per heavy atom. The lowest BCUT2D eigenvalue weighted by atomic mass is 10.2. The van der Waals surface area contributed by atoms with Gasteiger partial charge in [0.05, 0.1) is 11.5 Å². The molecule has 0 saturated heterocycles. The van der Waals surface area contributed by atoms with Crippen LogP contribution in [0.5, 0.6) is 0 Å². The van der Waals surface area contributed by atoms with Crippen LogP contribution in [0.1, 0.15) is 26.7 Å². The zero-order chi connectivity index (χ0) is 13.4. The van der Waals surface area contributed by atoms with Gasteiger partial charge in [0.2, 0.25) is 0 Å². The van der Waals surface area contributed by atoms with Gasteiger partial charge in [-0.3, -0.25) is 0 Å². The maximum absolute atomic E-state index is 11.7. The Hall–Kier alpha value is -1.03. The monoisotopic (exact) mass is 269 g/mol. The second-order valence-electron chi connectivity index (χ2n) is 4.98.